The zero-order chi connectivity index (χ0) is 21.0. The maximum atomic E-state index is 13.0. The highest BCUT2D eigenvalue weighted by atomic mass is 16.5. The molecule has 0 radical (unpaired) electrons. The Bertz CT molecular complexity index is 727. The van der Waals surface area contributed by atoms with Gasteiger partial charge in [0.05, 0.1) is 19.3 Å². The summed E-state index contributed by atoms with van der Waals surface area (Å²) in [6.07, 6.45) is 3.69. The van der Waals surface area contributed by atoms with E-state index >= 15 is 0 Å². The first kappa shape index (κ1) is 21.1. The van der Waals surface area contributed by atoms with Crippen LogP contribution in [0.4, 0.5) is 4.79 Å². The normalized spacial score (nSPS) is 24.2. The predicted octanol–water partition coefficient (Wildman–Crippen LogP) is 1.58. The van der Waals surface area contributed by atoms with Crippen molar-refractivity contribution in [2.24, 2.45) is 5.41 Å². The molecule has 7 nitrogen and oxygen atoms in total. The Morgan fingerprint density at radius 3 is 2.47 bits per heavy atom. The fourth-order valence-corrected chi connectivity index (χ4v) is 5.16. The first-order chi connectivity index (χ1) is 14.6. The van der Waals surface area contributed by atoms with Crippen LogP contribution in [0.1, 0.15) is 24.8 Å². The van der Waals surface area contributed by atoms with Crippen LogP contribution in [0, 0.1) is 5.41 Å². The molecule has 30 heavy (non-hydrogen) atoms. The van der Waals surface area contributed by atoms with Crippen LogP contribution in [0.2, 0.25) is 0 Å². The largest absolute Gasteiger partial charge is 0.378 e. The number of likely N-dealkylation sites (tertiary alicyclic amines) is 2. The molecule has 3 heterocycles. The summed E-state index contributed by atoms with van der Waals surface area (Å²) < 4.78 is 5.39. The number of ether oxygens (including phenoxy) is 1. The lowest BCUT2D eigenvalue weighted by Crippen LogP contribution is -2.49. The molecule has 1 atom stereocenters. The Morgan fingerprint density at radius 2 is 1.77 bits per heavy atom. The van der Waals surface area contributed by atoms with Gasteiger partial charge in [-0.15, -0.1) is 0 Å². The van der Waals surface area contributed by atoms with Crippen LogP contribution in [0.25, 0.3) is 0 Å². The second-order valence-corrected chi connectivity index (χ2v) is 9.03. The lowest BCUT2D eigenvalue weighted by molar-refractivity contribution is -0.139. The molecule has 3 saturated heterocycles. The van der Waals surface area contributed by atoms with E-state index in [4.69, 9.17) is 4.74 Å². The average molecular weight is 415 g/mol. The van der Waals surface area contributed by atoms with Gasteiger partial charge in [0.2, 0.25) is 5.91 Å². The average Bonchev–Trinajstić information content (AvgIpc) is 3.10. The van der Waals surface area contributed by atoms with Crippen LogP contribution in [0.15, 0.2) is 30.3 Å². The number of likely N-dealkylation sites (N-methyl/N-ethyl adjacent to an activating group) is 1. The van der Waals surface area contributed by atoms with E-state index in [-0.39, 0.29) is 23.4 Å². The molecular formula is C23H34N4O3. The number of nitrogens with zero attached hydrogens (tertiary/aromatic N) is 3. The van der Waals surface area contributed by atoms with Gasteiger partial charge in [0, 0.05) is 39.3 Å². The molecule has 0 aromatic heterocycles. The molecule has 3 amide bonds. The van der Waals surface area contributed by atoms with E-state index < -0.39 is 0 Å². The minimum atomic E-state index is -0.0330. The lowest BCUT2D eigenvalue weighted by atomic mass is 9.76. The minimum Gasteiger partial charge on any atom is -0.378 e. The summed E-state index contributed by atoms with van der Waals surface area (Å²) >= 11 is 0. The zero-order valence-corrected chi connectivity index (χ0v) is 18.0. The fourth-order valence-electron chi connectivity index (χ4n) is 5.16. The second kappa shape index (κ2) is 9.35. The maximum absolute atomic E-state index is 13.0. The van der Waals surface area contributed by atoms with Crippen LogP contribution >= 0.6 is 0 Å². The molecule has 1 N–H and O–H groups in total. The zero-order valence-electron chi connectivity index (χ0n) is 18.0. The predicted molar refractivity (Wildman–Crippen MR) is 115 cm³/mol. The summed E-state index contributed by atoms with van der Waals surface area (Å²) in [5, 5.41) is 3.06. The van der Waals surface area contributed by atoms with Gasteiger partial charge in [-0.1, -0.05) is 30.3 Å². The van der Waals surface area contributed by atoms with E-state index in [0.717, 1.165) is 45.3 Å². The summed E-state index contributed by atoms with van der Waals surface area (Å²) in [5.41, 5.74) is 1.39. The third kappa shape index (κ3) is 4.78. The molecule has 0 bridgehead atoms. The number of piperidine rings is 1. The van der Waals surface area contributed by atoms with Crippen LogP contribution in [-0.4, -0.2) is 92.2 Å². The molecule has 1 aromatic carbocycles. The number of urea groups is 1. The van der Waals surface area contributed by atoms with Crippen molar-refractivity contribution in [2.45, 2.75) is 31.7 Å². The third-order valence-electron chi connectivity index (χ3n) is 7.00. The smallest absolute Gasteiger partial charge is 0.317 e. The summed E-state index contributed by atoms with van der Waals surface area (Å²) in [4.78, 5) is 31.7. The van der Waals surface area contributed by atoms with Crippen molar-refractivity contribution in [1.82, 2.24) is 20.0 Å². The number of benzene rings is 1. The number of hydrogen-bond acceptors (Lipinski definition) is 4. The van der Waals surface area contributed by atoms with E-state index in [1.165, 1.54) is 5.56 Å². The van der Waals surface area contributed by atoms with Gasteiger partial charge < -0.3 is 19.9 Å². The molecular weight excluding hydrogens is 380 g/mol. The SMILES string of the molecule is CN1CC2(CCN(C(=O)NCCc3ccccc3)CC2)CC1C(=O)N1CCOCC1. The lowest BCUT2D eigenvalue weighted by Gasteiger charge is -2.39. The van der Waals surface area contributed by atoms with Gasteiger partial charge in [0.15, 0.2) is 0 Å². The van der Waals surface area contributed by atoms with Crippen LogP contribution in [-0.2, 0) is 16.0 Å². The van der Waals surface area contributed by atoms with Crippen LogP contribution < -0.4 is 5.32 Å². The standard InChI is InChI=1S/C23H34N4O3/c1-25-18-23(17-20(25)21(28)26-13-15-30-16-14-26)8-11-27(12-9-23)22(29)24-10-7-19-5-3-2-4-6-19/h2-6,20H,7-18H2,1H3,(H,24,29). The number of morpholine rings is 1. The Hall–Kier alpha value is -2.12. The molecule has 3 fully saturated rings. The van der Waals surface area contributed by atoms with Gasteiger partial charge in [-0.05, 0) is 43.7 Å². The highest BCUT2D eigenvalue weighted by molar-refractivity contribution is 5.82. The van der Waals surface area contributed by atoms with E-state index in [2.05, 4.69) is 29.4 Å². The molecule has 0 saturated carbocycles. The molecule has 1 aromatic rings. The fraction of sp³-hybridized carbons (Fsp3) is 0.652. The van der Waals surface area contributed by atoms with Crippen molar-refractivity contribution in [3.63, 3.8) is 0 Å². The highest BCUT2D eigenvalue weighted by Gasteiger charge is 2.48. The molecule has 3 aliphatic heterocycles. The molecule has 0 aliphatic carbocycles. The number of hydrogen-bond donors (Lipinski definition) is 1. The van der Waals surface area contributed by atoms with Crippen molar-refractivity contribution in [3.05, 3.63) is 35.9 Å². The number of carbonyl (C=O) groups is 2. The second-order valence-electron chi connectivity index (χ2n) is 9.03. The first-order valence-corrected chi connectivity index (χ1v) is 11.2. The van der Waals surface area contributed by atoms with E-state index in [1.807, 2.05) is 28.0 Å². The van der Waals surface area contributed by atoms with Crippen LogP contribution in [0.3, 0.4) is 0 Å². The Labute approximate surface area is 179 Å². The number of amides is 3. The van der Waals surface area contributed by atoms with Crippen molar-refractivity contribution in [1.29, 1.82) is 0 Å². The molecule has 3 aliphatic rings. The molecule has 7 heteroatoms. The summed E-state index contributed by atoms with van der Waals surface area (Å²) in [5.74, 6) is 0.249. The summed E-state index contributed by atoms with van der Waals surface area (Å²) in [7, 11) is 2.07. The Morgan fingerprint density at radius 1 is 1.07 bits per heavy atom. The maximum Gasteiger partial charge on any atom is 0.317 e. The number of nitrogens with one attached hydrogen (secondary N) is 1. The quantitative estimate of drug-likeness (QED) is 0.813. The van der Waals surface area contributed by atoms with E-state index in [9.17, 15) is 9.59 Å². The van der Waals surface area contributed by atoms with Crippen molar-refractivity contribution in [2.75, 3.05) is 59.5 Å². The topological polar surface area (TPSA) is 65.1 Å². The molecule has 4 rings (SSSR count). The number of rotatable bonds is 4. The van der Waals surface area contributed by atoms with Gasteiger partial charge in [0.1, 0.15) is 0 Å². The van der Waals surface area contributed by atoms with Crippen molar-refractivity contribution < 1.29 is 14.3 Å². The van der Waals surface area contributed by atoms with Gasteiger partial charge in [-0.3, -0.25) is 9.69 Å². The first-order valence-electron chi connectivity index (χ1n) is 11.2. The Balaban J connectivity index is 1.24. The molecule has 1 spiro atoms. The van der Waals surface area contributed by atoms with Gasteiger partial charge in [-0.2, -0.15) is 0 Å². The van der Waals surface area contributed by atoms with E-state index in [1.54, 1.807) is 0 Å². The van der Waals surface area contributed by atoms with Gasteiger partial charge in [0.25, 0.3) is 0 Å². The summed E-state index contributed by atoms with van der Waals surface area (Å²) in [6, 6.07) is 10.2. The number of carbonyl (C=O) groups excluding carboxylic acids is 2. The third-order valence-corrected chi connectivity index (χ3v) is 7.00. The van der Waals surface area contributed by atoms with Crippen molar-refractivity contribution >= 4 is 11.9 Å². The Kier molecular flexibility index (Phi) is 6.58. The summed E-state index contributed by atoms with van der Waals surface area (Å²) in [6.45, 7) is 5.82. The molecule has 1 unspecified atom stereocenters. The van der Waals surface area contributed by atoms with Crippen LogP contribution in [0.5, 0.6) is 0 Å². The van der Waals surface area contributed by atoms with Gasteiger partial charge >= 0.3 is 6.03 Å². The molecule has 164 valence electrons. The van der Waals surface area contributed by atoms with Crippen molar-refractivity contribution in [3.8, 4) is 0 Å². The van der Waals surface area contributed by atoms with Gasteiger partial charge in [-0.25, -0.2) is 4.79 Å². The monoisotopic (exact) mass is 414 g/mol. The minimum absolute atomic E-state index is 0.0330. The van der Waals surface area contributed by atoms with E-state index in [0.29, 0.717) is 32.8 Å². The highest BCUT2D eigenvalue weighted by Crippen LogP contribution is 2.43.